The van der Waals surface area contributed by atoms with Crippen molar-refractivity contribution in [1.82, 2.24) is 19.9 Å². The van der Waals surface area contributed by atoms with Gasteiger partial charge in [0, 0.05) is 6.54 Å². The van der Waals surface area contributed by atoms with Crippen LogP contribution < -0.4 is 0 Å². The molecule has 0 amide bonds. The summed E-state index contributed by atoms with van der Waals surface area (Å²) in [5, 5.41) is 8.57. The summed E-state index contributed by atoms with van der Waals surface area (Å²) >= 11 is 0. The number of ether oxygens (including phenoxy) is 1. The molecule has 0 N–H and O–H groups in total. The van der Waals surface area contributed by atoms with Crippen LogP contribution in [0.3, 0.4) is 0 Å². The minimum atomic E-state index is -0.165. The van der Waals surface area contributed by atoms with Gasteiger partial charge in [0.15, 0.2) is 6.23 Å². The van der Waals surface area contributed by atoms with E-state index in [0.717, 1.165) is 18.0 Å². The Bertz CT molecular complexity index is 797. The van der Waals surface area contributed by atoms with Gasteiger partial charge in [-0.2, -0.15) is 0 Å². The highest BCUT2D eigenvalue weighted by atomic mass is 16.5. The smallest absolute Gasteiger partial charge is 0.157 e. The van der Waals surface area contributed by atoms with E-state index in [1.54, 1.807) is 6.26 Å². The highest BCUT2D eigenvalue weighted by molar-refractivity contribution is 5.22. The van der Waals surface area contributed by atoms with Gasteiger partial charge in [0.2, 0.25) is 0 Å². The molecule has 4 rings (SSSR count). The first-order valence-electron chi connectivity index (χ1n) is 8.11. The second kappa shape index (κ2) is 6.59. The van der Waals surface area contributed by atoms with Gasteiger partial charge in [-0.05, 0) is 24.6 Å². The lowest BCUT2D eigenvalue weighted by molar-refractivity contribution is 0.0223. The minimum absolute atomic E-state index is 0.165. The lowest BCUT2D eigenvalue weighted by atomic mass is 10.1. The van der Waals surface area contributed by atoms with Crippen molar-refractivity contribution in [1.29, 1.82) is 0 Å². The van der Waals surface area contributed by atoms with Crippen LogP contribution in [0.5, 0.6) is 0 Å². The van der Waals surface area contributed by atoms with E-state index >= 15 is 0 Å². The van der Waals surface area contributed by atoms with Crippen LogP contribution in [0.1, 0.15) is 28.8 Å². The third kappa shape index (κ3) is 3.25. The summed E-state index contributed by atoms with van der Waals surface area (Å²) in [6, 6.07) is 12.3. The van der Waals surface area contributed by atoms with Crippen molar-refractivity contribution >= 4 is 0 Å². The van der Waals surface area contributed by atoms with Crippen LogP contribution in [-0.4, -0.2) is 33.0 Å². The maximum absolute atomic E-state index is 5.85. The fourth-order valence-corrected chi connectivity index (χ4v) is 3.04. The molecule has 1 fully saturated rings. The summed E-state index contributed by atoms with van der Waals surface area (Å²) in [6.45, 7) is 5.06. The molecule has 3 aromatic rings. The van der Waals surface area contributed by atoms with Crippen molar-refractivity contribution in [2.45, 2.75) is 26.2 Å². The molecular formula is C18H20N4O2. The Morgan fingerprint density at radius 2 is 2.17 bits per heavy atom. The first kappa shape index (κ1) is 15.1. The molecule has 3 heterocycles. The molecule has 0 spiro atoms. The molecule has 1 saturated heterocycles. The van der Waals surface area contributed by atoms with E-state index in [1.807, 2.05) is 23.0 Å². The fraction of sp³-hybridized carbons (Fsp3) is 0.333. The standard InChI is InChI=1S/C18H20N4O2/c1-14-4-2-5-15(10-14)11-22-13-17(19-20-22)18-21(7-9-24-18)12-16-6-3-8-23-16/h2-6,8,10,13,18H,7,9,11-12H2,1H3/t18-/m0/s1. The van der Waals surface area contributed by atoms with E-state index in [1.165, 1.54) is 11.1 Å². The number of aromatic nitrogens is 3. The van der Waals surface area contributed by atoms with Crippen molar-refractivity contribution in [2.75, 3.05) is 13.2 Å². The van der Waals surface area contributed by atoms with E-state index in [0.29, 0.717) is 19.7 Å². The summed E-state index contributed by atoms with van der Waals surface area (Å²) in [4.78, 5) is 2.21. The zero-order chi connectivity index (χ0) is 16.4. The molecule has 1 atom stereocenters. The largest absolute Gasteiger partial charge is 0.468 e. The van der Waals surface area contributed by atoms with Gasteiger partial charge < -0.3 is 9.15 Å². The maximum Gasteiger partial charge on any atom is 0.157 e. The number of rotatable bonds is 5. The predicted octanol–water partition coefficient (Wildman–Crippen LogP) is 2.76. The van der Waals surface area contributed by atoms with Crippen molar-refractivity contribution in [3.63, 3.8) is 0 Å². The Labute approximate surface area is 140 Å². The van der Waals surface area contributed by atoms with Crippen LogP contribution in [0.15, 0.2) is 53.3 Å². The van der Waals surface area contributed by atoms with E-state index < -0.39 is 0 Å². The number of aryl methyl sites for hydroxylation is 1. The second-order valence-electron chi connectivity index (χ2n) is 6.10. The van der Waals surface area contributed by atoms with E-state index in [9.17, 15) is 0 Å². The van der Waals surface area contributed by atoms with Gasteiger partial charge in [0.25, 0.3) is 0 Å². The number of hydrogen-bond donors (Lipinski definition) is 0. The highest BCUT2D eigenvalue weighted by Gasteiger charge is 2.29. The van der Waals surface area contributed by atoms with Crippen LogP contribution >= 0.6 is 0 Å². The molecule has 0 radical (unpaired) electrons. The average molecular weight is 324 g/mol. The zero-order valence-electron chi connectivity index (χ0n) is 13.6. The molecule has 6 nitrogen and oxygen atoms in total. The summed E-state index contributed by atoms with van der Waals surface area (Å²) < 4.78 is 13.1. The summed E-state index contributed by atoms with van der Waals surface area (Å²) in [5.74, 6) is 0.928. The first-order chi connectivity index (χ1) is 11.8. The van der Waals surface area contributed by atoms with Crippen molar-refractivity contribution in [3.05, 3.63) is 71.4 Å². The van der Waals surface area contributed by atoms with Crippen LogP contribution in [-0.2, 0) is 17.8 Å². The van der Waals surface area contributed by atoms with E-state index in [4.69, 9.17) is 9.15 Å². The van der Waals surface area contributed by atoms with E-state index in [-0.39, 0.29) is 6.23 Å². The quantitative estimate of drug-likeness (QED) is 0.722. The van der Waals surface area contributed by atoms with E-state index in [2.05, 4.69) is 46.4 Å². The number of nitrogens with zero attached hydrogens (tertiary/aromatic N) is 4. The van der Waals surface area contributed by atoms with Gasteiger partial charge in [0.1, 0.15) is 11.5 Å². The third-order valence-corrected chi connectivity index (χ3v) is 4.16. The SMILES string of the molecule is Cc1cccc(Cn2cc([C@@H]3OCCN3Cc3ccco3)nn2)c1. The second-order valence-corrected chi connectivity index (χ2v) is 6.10. The first-order valence-corrected chi connectivity index (χ1v) is 8.11. The van der Waals surface area contributed by atoms with Crippen LogP contribution in [0.2, 0.25) is 0 Å². The van der Waals surface area contributed by atoms with Crippen LogP contribution in [0.25, 0.3) is 0 Å². The topological polar surface area (TPSA) is 56.3 Å². The molecule has 0 bridgehead atoms. The third-order valence-electron chi connectivity index (χ3n) is 4.16. The molecule has 1 aliphatic heterocycles. The summed E-state index contributed by atoms with van der Waals surface area (Å²) in [5.41, 5.74) is 3.30. The molecule has 1 aliphatic rings. The van der Waals surface area contributed by atoms with Gasteiger partial charge in [-0.1, -0.05) is 35.0 Å². The van der Waals surface area contributed by atoms with Gasteiger partial charge in [-0.15, -0.1) is 5.10 Å². The average Bonchev–Trinajstić information content (AvgIpc) is 3.29. The molecule has 124 valence electrons. The van der Waals surface area contributed by atoms with Crippen molar-refractivity contribution in [3.8, 4) is 0 Å². The van der Waals surface area contributed by atoms with Gasteiger partial charge in [-0.3, -0.25) is 4.90 Å². The molecule has 24 heavy (non-hydrogen) atoms. The minimum Gasteiger partial charge on any atom is -0.468 e. The summed E-state index contributed by atoms with van der Waals surface area (Å²) in [7, 11) is 0. The maximum atomic E-state index is 5.85. The normalized spacial score (nSPS) is 18.3. The molecule has 6 heteroatoms. The number of benzene rings is 1. The zero-order valence-corrected chi connectivity index (χ0v) is 13.6. The Morgan fingerprint density at radius 3 is 3.00 bits per heavy atom. The van der Waals surface area contributed by atoms with Crippen LogP contribution in [0.4, 0.5) is 0 Å². The summed E-state index contributed by atoms with van der Waals surface area (Å²) in [6.07, 6.45) is 3.49. The molecule has 0 saturated carbocycles. The lowest BCUT2D eigenvalue weighted by Crippen LogP contribution is -2.23. The Balaban J connectivity index is 1.47. The van der Waals surface area contributed by atoms with Crippen molar-refractivity contribution in [2.24, 2.45) is 0 Å². The molecule has 2 aromatic heterocycles. The number of hydrogen-bond acceptors (Lipinski definition) is 5. The molecule has 1 aromatic carbocycles. The highest BCUT2D eigenvalue weighted by Crippen LogP contribution is 2.27. The molecule has 0 aliphatic carbocycles. The van der Waals surface area contributed by atoms with Gasteiger partial charge in [-0.25, -0.2) is 4.68 Å². The monoisotopic (exact) mass is 324 g/mol. The Morgan fingerprint density at radius 1 is 1.21 bits per heavy atom. The van der Waals surface area contributed by atoms with Crippen molar-refractivity contribution < 1.29 is 9.15 Å². The number of furan rings is 1. The molecule has 0 unspecified atom stereocenters. The Kier molecular flexibility index (Phi) is 4.15. The van der Waals surface area contributed by atoms with Gasteiger partial charge >= 0.3 is 0 Å². The lowest BCUT2D eigenvalue weighted by Gasteiger charge is -2.19. The predicted molar refractivity (Wildman–Crippen MR) is 88.1 cm³/mol. The molecular weight excluding hydrogens is 304 g/mol. The van der Waals surface area contributed by atoms with Gasteiger partial charge in [0.05, 0.1) is 32.2 Å². The fourth-order valence-electron chi connectivity index (χ4n) is 3.04. The van der Waals surface area contributed by atoms with Crippen LogP contribution in [0, 0.1) is 6.92 Å². The Hall–Kier alpha value is -2.44.